The Morgan fingerprint density at radius 3 is 1.48 bits per heavy atom. The Morgan fingerprint density at radius 1 is 0.609 bits per heavy atom. The van der Waals surface area contributed by atoms with Crippen molar-refractivity contribution in [3.05, 3.63) is 90.5 Å². The van der Waals surface area contributed by atoms with E-state index in [1.54, 1.807) is 11.1 Å². The Labute approximate surface area is 154 Å². The van der Waals surface area contributed by atoms with Crippen molar-refractivity contribution < 1.29 is 45.1 Å². The number of hydrogen-bond acceptors (Lipinski definition) is 0. The van der Waals surface area contributed by atoms with E-state index in [1.807, 2.05) is 0 Å². The number of fused-ring (bicyclic) bond motifs is 2. The second-order valence-corrected chi connectivity index (χ2v) is 15.9. The monoisotopic (exact) mass is 416 g/mol. The average molecular weight is 418 g/mol. The fourth-order valence-corrected chi connectivity index (χ4v) is 16.4. The van der Waals surface area contributed by atoms with E-state index in [0.29, 0.717) is 7.25 Å². The summed E-state index contributed by atoms with van der Waals surface area (Å²) >= 11 is -2.38. The second kappa shape index (κ2) is 6.21. The first-order valence-corrected chi connectivity index (χ1v) is 13.3. The quantitative estimate of drug-likeness (QED) is 0.598. The molecule has 0 bridgehead atoms. The summed E-state index contributed by atoms with van der Waals surface area (Å²) in [5.74, 6) is 0. The normalized spacial score (nSPS) is 22.3. The predicted molar refractivity (Wildman–Crippen MR) is 85.6 cm³/mol. The molecule has 2 aromatic carbocycles. The van der Waals surface area contributed by atoms with Crippen molar-refractivity contribution in [1.29, 1.82) is 0 Å². The van der Waals surface area contributed by atoms with Gasteiger partial charge in [0.2, 0.25) is 0 Å². The first-order chi connectivity index (χ1) is 10.4. The Bertz CT molecular complexity index is 766. The van der Waals surface area contributed by atoms with Crippen LogP contribution in [-0.4, -0.2) is 0 Å². The van der Waals surface area contributed by atoms with Crippen LogP contribution in [0.2, 0.25) is 0 Å². The summed E-state index contributed by atoms with van der Waals surface area (Å²) in [4.78, 5) is 0. The van der Waals surface area contributed by atoms with E-state index in [0.717, 1.165) is 0 Å². The molecule has 0 nitrogen and oxygen atoms in total. The van der Waals surface area contributed by atoms with Gasteiger partial charge >= 0.3 is 130 Å². The van der Waals surface area contributed by atoms with Crippen LogP contribution >= 0.6 is 0 Å². The third kappa shape index (κ3) is 2.45. The van der Waals surface area contributed by atoms with Gasteiger partial charge in [0.1, 0.15) is 0 Å². The van der Waals surface area contributed by atoms with Crippen molar-refractivity contribution >= 4 is 12.2 Å². The van der Waals surface area contributed by atoms with E-state index >= 15 is 0 Å². The van der Waals surface area contributed by atoms with Crippen LogP contribution in [0.15, 0.2) is 68.3 Å². The molecule has 2 aliphatic carbocycles. The van der Waals surface area contributed by atoms with Crippen LogP contribution < -0.4 is 24.8 Å². The van der Waals surface area contributed by atoms with Gasteiger partial charge < -0.3 is 24.8 Å². The van der Waals surface area contributed by atoms with Gasteiger partial charge in [-0.15, -0.1) is 0 Å². The van der Waals surface area contributed by atoms with Gasteiger partial charge in [0.05, 0.1) is 0 Å². The molecule has 0 amide bonds. The molecule has 3 aliphatic rings. The van der Waals surface area contributed by atoms with Crippen LogP contribution in [0.1, 0.15) is 29.5 Å². The maximum absolute atomic E-state index is 2.61. The molecule has 0 fully saturated rings. The zero-order valence-corrected chi connectivity index (χ0v) is 16.5. The summed E-state index contributed by atoms with van der Waals surface area (Å²) in [6.45, 7) is 0. The number of rotatable bonds is 2. The fraction of sp³-hybridized carbons (Fsp3) is 0.100. The van der Waals surface area contributed by atoms with Gasteiger partial charge in [0.15, 0.2) is 0 Å². The Balaban J connectivity index is 0.000000781. The molecule has 114 valence electrons. The molecule has 0 N–H and O–H groups in total. The van der Waals surface area contributed by atoms with Crippen molar-refractivity contribution in [2.24, 2.45) is 0 Å². The molecule has 1 aliphatic heterocycles. The number of hydrogen-bond donors (Lipinski definition) is 0. The van der Waals surface area contributed by atoms with E-state index in [-0.39, 0.29) is 24.8 Å². The molecule has 0 aromatic heterocycles. The summed E-state index contributed by atoms with van der Waals surface area (Å²) in [6, 6.07) is 17.9. The molecule has 5 rings (SSSR count). The Morgan fingerprint density at radius 2 is 1.04 bits per heavy atom. The van der Waals surface area contributed by atoms with Gasteiger partial charge in [-0.05, 0) is 0 Å². The first-order valence-electron chi connectivity index (χ1n) is 7.63. The molecule has 0 saturated heterocycles. The Kier molecular flexibility index (Phi) is 4.58. The molecule has 0 radical (unpaired) electrons. The zero-order valence-electron chi connectivity index (χ0n) is 12.5. The van der Waals surface area contributed by atoms with E-state index in [1.165, 1.54) is 11.1 Å². The zero-order chi connectivity index (χ0) is 13.9. The summed E-state index contributed by atoms with van der Waals surface area (Å²) in [5.41, 5.74) is 6.00. The van der Waals surface area contributed by atoms with E-state index in [4.69, 9.17) is 0 Å². The van der Waals surface area contributed by atoms with Crippen LogP contribution in [0.25, 0.3) is 12.2 Å². The van der Waals surface area contributed by atoms with E-state index in [2.05, 4.69) is 80.4 Å². The third-order valence-electron chi connectivity index (χ3n) is 5.23. The molecule has 23 heavy (non-hydrogen) atoms. The minimum absolute atomic E-state index is 0. The van der Waals surface area contributed by atoms with Crippen molar-refractivity contribution in [3.8, 4) is 0 Å². The molecule has 1 heterocycles. The maximum Gasteiger partial charge on any atom is -1.00 e. The standard InChI is InChI=1S/2C9H7.C2H2.2ClH.Zr/c2*1-2-5-9-7-3-6-8(9)4-1;1-2;;;/h2*1-7H;1-2H;2*1H;/q;;;;;+2/p-2. The minimum Gasteiger partial charge on any atom is -1.00 e. The van der Waals surface area contributed by atoms with Crippen molar-refractivity contribution in [3.63, 3.8) is 0 Å². The van der Waals surface area contributed by atoms with E-state index < -0.39 is 20.3 Å². The third-order valence-corrected chi connectivity index (χ3v) is 15.7. The summed E-state index contributed by atoms with van der Waals surface area (Å²) in [7, 11) is 0. The summed E-state index contributed by atoms with van der Waals surface area (Å²) < 4.78 is 6.61. The molecular formula is C20H16Cl2Zr. The number of allylic oxidation sites excluding steroid dienone is 2. The largest absolute Gasteiger partial charge is 1.00 e. The van der Waals surface area contributed by atoms with Crippen molar-refractivity contribution in [2.75, 3.05) is 0 Å². The van der Waals surface area contributed by atoms with Gasteiger partial charge in [0.25, 0.3) is 0 Å². The van der Waals surface area contributed by atoms with Crippen LogP contribution in [0, 0.1) is 0 Å². The maximum atomic E-state index is 2.61. The number of benzene rings is 2. The molecule has 2 unspecified atom stereocenters. The van der Waals surface area contributed by atoms with Gasteiger partial charge in [-0.1, -0.05) is 0 Å². The smallest absolute Gasteiger partial charge is 1.00 e. The SMILES string of the molecule is C1=C[CH]([Zr+2]2([CH]3C=Cc4ccccc43)[CH]=[CH]2)c2ccccc21.[Cl-].[Cl-]. The van der Waals surface area contributed by atoms with Crippen LogP contribution in [0.3, 0.4) is 0 Å². The van der Waals surface area contributed by atoms with Crippen molar-refractivity contribution in [2.45, 2.75) is 7.25 Å². The van der Waals surface area contributed by atoms with Crippen LogP contribution in [-0.2, 0) is 20.3 Å². The van der Waals surface area contributed by atoms with Crippen LogP contribution in [0.5, 0.6) is 0 Å². The van der Waals surface area contributed by atoms with Crippen molar-refractivity contribution in [1.82, 2.24) is 0 Å². The van der Waals surface area contributed by atoms with Gasteiger partial charge in [-0.3, -0.25) is 0 Å². The molecule has 0 saturated carbocycles. The first kappa shape index (κ1) is 17.0. The fourth-order valence-electron chi connectivity index (χ4n) is 4.08. The number of halogens is 2. The molecule has 0 spiro atoms. The predicted octanol–water partition coefficient (Wildman–Crippen LogP) is -0.831. The van der Waals surface area contributed by atoms with Gasteiger partial charge in [-0.25, -0.2) is 0 Å². The van der Waals surface area contributed by atoms with Gasteiger partial charge in [-0.2, -0.15) is 0 Å². The summed E-state index contributed by atoms with van der Waals surface area (Å²) in [6.07, 6.45) is 9.64. The molecular weight excluding hydrogens is 402 g/mol. The van der Waals surface area contributed by atoms with Crippen LogP contribution in [0.4, 0.5) is 0 Å². The topological polar surface area (TPSA) is 0 Å². The molecule has 2 aromatic rings. The van der Waals surface area contributed by atoms with Gasteiger partial charge in [0, 0.05) is 0 Å². The Hall–Kier alpha value is -0.877. The summed E-state index contributed by atoms with van der Waals surface area (Å²) in [5, 5.41) is 0. The second-order valence-electron chi connectivity index (χ2n) is 6.26. The molecule has 2 atom stereocenters. The minimum atomic E-state index is -2.38. The van der Waals surface area contributed by atoms with E-state index in [9.17, 15) is 0 Å². The molecule has 3 heteroatoms. The average Bonchev–Trinajstić information content (AvgIpc) is 3.03.